The minimum absolute atomic E-state index is 0.352. The van der Waals surface area contributed by atoms with Gasteiger partial charge in [0.25, 0.3) is 0 Å². The van der Waals surface area contributed by atoms with Gasteiger partial charge in [0, 0.05) is 6.61 Å². The van der Waals surface area contributed by atoms with Crippen molar-refractivity contribution in [2.45, 2.75) is 71.3 Å². The molecule has 1 aromatic rings. The number of hydrogen-bond acceptors (Lipinski definition) is 2. The van der Waals surface area contributed by atoms with Gasteiger partial charge in [-0.3, -0.25) is 0 Å². The van der Waals surface area contributed by atoms with E-state index in [1.165, 1.54) is 43.2 Å². The molecule has 2 heteroatoms. The molecule has 0 heterocycles. The fraction of sp³-hybridized carbons (Fsp3) is 0.548. The highest BCUT2D eigenvalue weighted by Gasteiger charge is 2.50. The van der Waals surface area contributed by atoms with Crippen LogP contribution in [0.15, 0.2) is 72.4 Å². The van der Waals surface area contributed by atoms with Crippen molar-refractivity contribution in [3.63, 3.8) is 0 Å². The maximum absolute atomic E-state index is 10.2. The van der Waals surface area contributed by atoms with E-state index in [0.29, 0.717) is 29.8 Å². The van der Waals surface area contributed by atoms with E-state index in [2.05, 4.69) is 63.4 Å². The number of aliphatic hydroxyl groups is 1. The molecule has 3 fully saturated rings. The van der Waals surface area contributed by atoms with Crippen molar-refractivity contribution in [1.29, 1.82) is 0 Å². The zero-order chi connectivity index (χ0) is 23.4. The Labute approximate surface area is 201 Å². The standard InChI is InChI=1S/C31H42O2/c1-22(25-10-6-5-7-11-25)20-33-21-23(2)28-17-18-29-27(13-9-19-31(28,29)4)16-15-26-12-8-14-30(32)24(26)3/h5-7,10-11,15-16,23,28-30,32H,1,3,8-9,12-14,17-21H2,2,4H3/b26-15-,27-16+/t23-,28-,29+,30?,31?/m1/s1. The molecule has 1 aromatic carbocycles. The Bertz CT molecular complexity index is 908. The Hall–Kier alpha value is -1.90. The number of rotatable bonds is 7. The second-order valence-electron chi connectivity index (χ2n) is 10.9. The number of hydrogen-bond donors (Lipinski definition) is 1. The third-order valence-electron chi connectivity index (χ3n) is 8.80. The molecule has 0 aliphatic heterocycles. The molecule has 33 heavy (non-hydrogen) atoms. The zero-order valence-corrected chi connectivity index (χ0v) is 20.7. The first kappa shape index (κ1) is 24.2. The van der Waals surface area contributed by atoms with Crippen LogP contribution in [0.5, 0.6) is 0 Å². The number of fused-ring (bicyclic) bond motifs is 1. The lowest BCUT2D eigenvalue weighted by atomic mass is 9.61. The second kappa shape index (κ2) is 10.6. The van der Waals surface area contributed by atoms with Crippen LogP contribution in [0.25, 0.3) is 5.57 Å². The molecule has 3 saturated carbocycles. The summed E-state index contributed by atoms with van der Waals surface area (Å²) in [4.78, 5) is 0. The third-order valence-corrected chi connectivity index (χ3v) is 8.80. The van der Waals surface area contributed by atoms with Gasteiger partial charge >= 0.3 is 0 Å². The first-order valence-electron chi connectivity index (χ1n) is 13.0. The van der Waals surface area contributed by atoms with Crippen LogP contribution in [0.4, 0.5) is 0 Å². The van der Waals surface area contributed by atoms with Crippen LogP contribution < -0.4 is 0 Å². The lowest BCUT2D eigenvalue weighted by Crippen LogP contribution is -2.37. The molecule has 1 N–H and O–H groups in total. The SMILES string of the molecule is C=C(COC[C@@H](C)[C@H]1CC[C@H]2/C(=C/C=C3/CCCC(O)C3=C)CCCC12C)c1ccccc1. The predicted octanol–water partition coefficient (Wildman–Crippen LogP) is 7.52. The molecule has 0 bridgehead atoms. The van der Waals surface area contributed by atoms with E-state index in [0.717, 1.165) is 37.0 Å². The summed E-state index contributed by atoms with van der Waals surface area (Å²) in [6, 6.07) is 10.4. The van der Waals surface area contributed by atoms with Gasteiger partial charge in [0.2, 0.25) is 0 Å². The van der Waals surface area contributed by atoms with Crippen LogP contribution in [0.2, 0.25) is 0 Å². The lowest BCUT2D eigenvalue weighted by Gasteiger charge is -2.44. The first-order chi connectivity index (χ1) is 15.9. The van der Waals surface area contributed by atoms with Gasteiger partial charge in [-0.15, -0.1) is 0 Å². The maximum Gasteiger partial charge on any atom is 0.0787 e. The summed E-state index contributed by atoms with van der Waals surface area (Å²) in [7, 11) is 0. The fourth-order valence-corrected chi connectivity index (χ4v) is 6.89. The van der Waals surface area contributed by atoms with Crippen LogP contribution >= 0.6 is 0 Å². The van der Waals surface area contributed by atoms with Crippen LogP contribution in [-0.2, 0) is 4.74 Å². The molecule has 178 valence electrons. The molecule has 0 radical (unpaired) electrons. The molecule has 0 spiro atoms. The van der Waals surface area contributed by atoms with E-state index in [1.807, 2.05) is 6.07 Å². The van der Waals surface area contributed by atoms with Gasteiger partial charge in [-0.25, -0.2) is 0 Å². The molecule has 3 aliphatic rings. The average molecular weight is 447 g/mol. The molecular formula is C31H42O2. The first-order valence-corrected chi connectivity index (χ1v) is 13.0. The van der Waals surface area contributed by atoms with Crippen LogP contribution in [-0.4, -0.2) is 24.4 Å². The Balaban J connectivity index is 1.37. The Morgan fingerprint density at radius 2 is 1.94 bits per heavy atom. The minimum atomic E-state index is -0.352. The highest BCUT2D eigenvalue weighted by atomic mass is 16.5. The Kier molecular flexibility index (Phi) is 7.76. The maximum atomic E-state index is 10.2. The molecule has 2 unspecified atom stereocenters. The predicted molar refractivity (Wildman–Crippen MR) is 139 cm³/mol. The van der Waals surface area contributed by atoms with Crippen molar-refractivity contribution in [3.8, 4) is 0 Å². The Morgan fingerprint density at radius 1 is 1.15 bits per heavy atom. The summed E-state index contributed by atoms with van der Waals surface area (Å²) in [6.07, 6.45) is 13.7. The zero-order valence-electron chi connectivity index (χ0n) is 20.7. The third kappa shape index (κ3) is 5.28. The normalized spacial score (nSPS) is 33.3. The van der Waals surface area contributed by atoms with Gasteiger partial charge in [-0.2, -0.15) is 0 Å². The van der Waals surface area contributed by atoms with Gasteiger partial charge in [0.05, 0.1) is 12.7 Å². The van der Waals surface area contributed by atoms with Crippen molar-refractivity contribution in [2.24, 2.45) is 23.2 Å². The highest BCUT2D eigenvalue weighted by Crippen LogP contribution is 2.59. The summed E-state index contributed by atoms with van der Waals surface area (Å²) in [5.74, 6) is 1.93. The monoisotopic (exact) mass is 446 g/mol. The van der Waals surface area contributed by atoms with E-state index in [4.69, 9.17) is 4.74 Å². The van der Waals surface area contributed by atoms with Gasteiger partial charge in [-0.05, 0) is 96.8 Å². The number of aliphatic hydroxyl groups excluding tert-OH is 1. The smallest absolute Gasteiger partial charge is 0.0787 e. The summed E-state index contributed by atoms with van der Waals surface area (Å²) in [5.41, 5.74) is 6.40. The van der Waals surface area contributed by atoms with Crippen LogP contribution in [0.3, 0.4) is 0 Å². The quantitative estimate of drug-likeness (QED) is 0.469. The minimum Gasteiger partial charge on any atom is -0.388 e. The van der Waals surface area contributed by atoms with Gasteiger partial charge in [0.15, 0.2) is 0 Å². The summed E-state index contributed by atoms with van der Waals surface area (Å²) in [5, 5.41) is 10.2. The fourth-order valence-electron chi connectivity index (χ4n) is 6.89. The highest BCUT2D eigenvalue weighted by molar-refractivity contribution is 5.63. The number of ether oxygens (including phenoxy) is 1. The van der Waals surface area contributed by atoms with Crippen molar-refractivity contribution in [2.75, 3.05) is 13.2 Å². The molecule has 0 amide bonds. The van der Waals surface area contributed by atoms with Crippen molar-refractivity contribution in [1.82, 2.24) is 0 Å². The van der Waals surface area contributed by atoms with E-state index >= 15 is 0 Å². The van der Waals surface area contributed by atoms with Crippen molar-refractivity contribution < 1.29 is 9.84 Å². The second-order valence-corrected chi connectivity index (χ2v) is 10.9. The molecule has 2 nitrogen and oxygen atoms in total. The molecule has 0 aromatic heterocycles. The van der Waals surface area contributed by atoms with Gasteiger partial charge in [0.1, 0.15) is 0 Å². The summed E-state index contributed by atoms with van der Waals surface area (Å²) < 4.78 is 6.17. The molecule has 0 saturated heterocycles. The van der Waals surface area contributed by atoms with Crippen molar-refractivity contribution in [3.05, 3.63) is 77.9 Å². The molecule has 4 rings (SSSR count). The largest absolute Gasteiger partial charge is 0.388 e. The summed E-state index contributed by atoms with van der Waals surface area (Å²) >= 11 is 0. The molecule has 5 atom stereocenters. The van der Waals surface area contributed by atoms with E-state index in [1.54, 1.807) is 5.57 Å². The van der Waals surface area contributed by atoms with E-state index in [-0.39, 0.29) is 6.10 Å². The topological polar surface area (TPSA) is 29.5 Å². The lowest BCUT2D eigenvalue weighted by molar-refractivity contribution is 0.0445. The number of allylic oxidation sites excluding steroid dienone is 3. The van der Waals surface area contributed by atoms with E-state index < -0.39 is 0 Å². The molecule has 3 aliphatic carbocycles. The van der Waals surface area contributed by atoms with Crippen LogP contribution in [0, 0.1) is 23.2 Å². The summed E-state index contributed by atoms with van der Waals surface area (Å²) in [6.45, 7) is 14.7. The Morgan fingerprint density at radius 3 is 2.73 bits per heavy atom. The van der Waals surface area contributed by atoms with Gasteiger partial charge < -0.3 is 9.84 Å². The van der Waals surface area contributed by atoms with Gasteiger partial charge in [-0.1, -0.05) is 75.1 Å². The van der Waals surface area contributed by atoms with Crippen molar-refractivity contribution >= 4 is 5.57 Å². The average Bonchev–Trinajstić information content (AvgIpc) is 3.18. The molecular weight excluding hydrogens is 404 g/mol. The van der Waals surface area contributed by atoms with Crippen LogP contribution in [0.1, 0.15) is 70.8 Å². The number of benzene rings is 1. The van der Waals surface area contributed by atoms with E-state index in [9.17, 15) is 5.11 Å².